The van der Waals surface area contributed by atoms with Crippen molar-refractivity contribution >= 4 is 17.8 Å². The second-order valence-electron chi connectivity index (χ2n) is 5.87. The minimum atomic E-state index is -0.551. The second kappa shape index (κ2) is 5.75. The molecule has 2 aliphatic carbocycles. The number of carbonyl (C=O) groups excluding carboxylic acids is 1. The average Bonchev–Trinajstić information content (AvgIpc) is 3.23. The van der Waals surface area contributed by atoms with E-state index < -0.39 is 4.92 Å². The highest BCUT2D eigenvalue weighted by atomic mass is 16.6. The van der Waals surface area contributed by atoms with Gasteiger partial charge in [-0.15, -0.1) is 0 Å². The molecule has 2 N–H and O–H groups in total. The number of benzene rings is 1. The molecule has 0 radical (unpaired) electrons. The van der Waals surface area contributed by atoms with Crippen molar-refractivity contribution in [1.82, 2.24) is 5.43 Å². The van der Waals surface area contributed by atoms with Gasteiger partial charge >= 0.3 is 0 Å². The van der Waals surface area contributed by atoms with Crippen LogP contribution in [0.3, 0.4) is 0 Å². The van der Waals surface area contributed by atoms with Crippen LogP contribution < -0.4 is 5.43 Å². The topological polar surface area (TPSA) is 105 Å². The molecule has 7 nitrogen and oxygen atoms in total. The van der Waals surface area contributed by atoms with E-state index in [0.717, 1.165) is 12.8 Å². The van der Waals surface area contributed by atoms with Gasteiger partial charge in [-0.05, 0) is 30.7 Å². The molecule has 0 aromatic heterocycles. The van der Waals surface area contributed by atoms with Gasteiger partial charge in [-0.25, -0.2) is 5.43 Å². The summed E-state index contributed by atoms with van der Waals surface area (Å²) in [5, 5.41) is 24.2. The molecular weight excluding hydrogens is 286 g/mol. The highest BCUT2D eigenvalue weighted by Crippen LogP contribution is 2.55. The Bertz CT molecular complexity index is 632. The zero-order chi connectivity index (χ0) is 15.7. The lowest BCUT2D eigenvalue weighted by molar-refractivity contribution is -0.384. The SMILES string of the molecule is O=C(NN=Cc1cc([N+](=O)[O-])ccc1O)C1[C@@H]2CCCC[C@@H]12. The van der Waals surface area contributed by atoms with Crippen LogP contribution in [0.1, 0.15) is 31.2 Å². The maximum Gasteiger partial charge on any atom is 0.270 e. The predicted octanol–water partition coefficient (Wildman–Crippen LogP) is 2.19. The molecule has 7 heteroatoms. The van der Waals surface area contributed by atoms with Gasteiger partial charge in [0.05, 0.1) is 11.1 Å². The van der Waals surface area contributed by atoms with Gasteiger partial charge in [0.25, 0.3) is 5.69 Å². The van der Waals surface area contributed by atoms with Crippen LogP contribution in [0.2, 0.25) is 0 Å². The quantitative estimate of drug-likeness (QED) is 0.505. The van der Waals surface area contributed by atoms with Gasteiger partial charge in [0, 0.05) is 23.6 Å². The number of carbonyl (C=O) groups is 1. The van der Waals surface area contributed by atoms with Gasteiger partial charge in [-0.3, -0.25) is 14.9 Å². The lowest BCUT2D eigenvalue weighted by Crippen LogP contribution is -2.20. The third-order valence-electron chi connectivity index (χ3n) is 4.56. The molecule has 0 unspecified atom stereocenters. The lowest BCUT2D eigenvalue weighted by Gasteiger charge is -2.04. The minimum Gasteiger partial charge on any atom is -0.507 e. The van der Waals surface area contributed by atoms with Crippen LogP contribution in [-0.2, 0) is 4.79 Å². The summed E-state index contributed by atoms with van der Waals surface area (Å²) >= 11 is 0. The molecule has 2 aliphatic rings. The van der Waals surface area contributed by atoms with Crippen molar-refractivity contribution in [2.75, 3.05) is 0 Å². The number of fused-ring (bicyclic) bond motifs is 1. The number of nitro benzene ring substituents is 1. The van der Waals surface area contributed by atoms with Gasteiger partial charge in [-0.1, -0.05) is 12.8 Å². The Hall–Kier alpha value is -2.44. The van der Waals surface area contributed by atoms with Crippen molar-refractivity contribution < 1.29 is 14.8 Å². The van der Waals surface area contributed by atoms with Gasteiger partial charge in [0.15, 0.2) is 0 Å². The molecule has 0 spiro atoms. The number of hydrazone groups is 1. The lowest BCUT2D eigenvalue weighted by atomic mass is 10.0. The van der Waals surface area contributed by atoms with Crippen LogP contribution in [0.4, 0.5) is 5.69 Å². The van der Waals surface area contributed by atoms with Crippen molar-refractivity contribution in [1.29, 1.82) is 0 Å². The van der Waals surface area contributed by atoms with E-state index >= 15 is 0 Å². The molecule has 0 heterocycles. The Morgan fingerprint density at radius 2 is 2.05 bits per heavy atom. The van der Waals surface area contributed by atoms with Crippen molar-refractivity contribution in [2.45, 2.75) is 25.7 Å². The first-order valence-electron chi connectivity index (χ1n) is 7.38. The number of amides is 1. The maximum atomic E-state index is 12.0. The highest BCUT2D eigenvalue weighted by molar-refractivity contribution is 5.87. The van der Waals surface area contributed by atoms with Crippen LogP contribution in [0.5, 0.6) is 5.75 Å². The van der Waals surface area contributed by atoms with E-state index in [1.165, 1.54) is 37.3 Å². The van der Waals surface area contributed by atoms with Crippen LogP contribution in [0.25, 0.3) is 0 Å². The smallest absolute Gasteiger partial charge is 0.270 e. The van der Waals surface area contributed by atoms with Crippen molar-refractivity contribution in [3.63, 3.8) is 0 Å². The van der Waals surface area contributed by atoms with E-state index in [2.05, 4.69) is 10.5 Å². The van der Waals surface area contributed by atoms with E-state index in [1.807, 2.05) is 0 Å². The van der Waals surface area contributed by atoms with Gasteiger partial charge in [0.2, 0.25) is 5.91 Å². The molecule has 2 fully saturated rings. The fourth-order valence-electron chi connectivity index (χ4n) is 3.38. The van der Waals surface area contributed by atoms with E-state index in [0.29, 0.717) is 11.8 Å². The maximum absolute atomic E-state index is 12.0. The minimum absolute atomic E-state index is 0.0540. The molecule has 0 aliphatic heterocycles. The van der Waals surface area contributed by atoms with Crippen LogP contribution in [0.15, 0.2) is 23.3 Å². The normalized spacial score (nSPS) is 26.5. The van der Waals surface area contributed by atoms with Crippen molar-refractivity contribution in [3.8, 4) is 5.75 Å². The number of hydrogen-bond donors (Lipinski definition) is 2. The zero-order valence-electron chi connectivity index (χ0n) is 11.9. The van der Waals surface area contributed by atoms with Gasteiger partial charge < -0.3 is 5.11 Å². The Morgan fingerprint density at radius 1 is 1.36 bits per heavy atom. The van der Waals surface area contributed by atoms with E-state index in [4.69, 9.17) is 0 Å². The third kappa shape index (κ3) is 2.79. The average molecular weight is 303 g/mol. The number of phenols is 1. The first-order chi connectivity index (χ1) is 10.6. The first-order valence-corrected chi connectivity index (χ1v) is 7.38. The van der Waals surface area contributed by atoms with E-state index in [-0.39, 0.29) is 28.8 Å². The molecule has 1 amide bonds. The van der Waals surface area contributed by atoms with E-state index in [1.54, 1.807) is 0 Å². The summed E-state index contributed by atoms with van der Waals surface area (Å²) in [6, 6.07) is 3.65. The van der Waals surface area contributed by atoms with Gasteiger partial charge in [0.1, 0.15) is 5.75 Å². The Labute approximate surface area is 127 Å². The Morgan fingerprint density at radius 3 is 2.68 bits per heavy atom. The number of rotatable bonds is 4. The largest absolute Gasteiger partial charge is 0.507 e. The predicted molar refractivity (Wildman–Crippen MR) is 79.4 cm³/mol. The number of nitrogens with one attached hydrogen (secondary N) is 1. The number of phenolic OH excluding ortho intramolecular Hbond substituents is 1. The fraction of sp³-hybridized carbons (Fsp3) is 0.467. The molecule has 2 saturated carbocycles. The number of hydrogen-bond acceptors (Lipinski definition) is 5. The van der Waals surface area contributed by atoms with Crippen molar-refractivity contribution in [3.05, 3.63) is 33.9 Å². The number of nitrogens with zero attached hydrogens (tertiary/aromatic N) is 2. The molecule has 2 atom stereocenters. The zero-order valence-corrected chi connectivity index (χ0v) is 11.9. The summed E-state index contributed by atoms with van der Waals surface area (Å²) in [7, 11) is 0. The van der Waals surface area contributed by atoms with Crippen LogP contribution >= 0.6 is 0 Å². The number of nitro groups is 1. The Kier molecular flexibility index (Phi) is 3.79. The number of non-ortho nitro benzene ring substituents is 1. The van der Waals surface area contributed by atoms with Gasteiger partial charge in [-0.2, -0.15) is 5.10 Å². The molecule has 1 aromatic rings. The standard InChI is InChI=1S/C15H17N3O4/c19-13-6-5-10(18(21)22)7-9(13)8-16-17-15(20)14-11-3-1-2-4-12(11)14/h5-8,11-12,14,19H,1-4H2,(H,17,20)/t11-,12-/m1/s1. The van der Waals surface area contributed by atoms with Crippen molar-refractivity contribution in [2.24, 2.45) is 22.9 Å². The molecular formula is C15H17N3O4. The molecule has 3 rings (SSSR count). The fourth-order valence-corrected chi connectivity index (χ4v) is 3.38. The third-order valence-corrected chi connectivity index (χ3v) is 4.56. The summed E-state index contributed by atoms with van der Waals surface area (Å²) in [5.74, 6) is 0.824. The molecule has 0 saturated heterocycles. The summed E-state index contributed by atoms with van der Waals surface area (Å²) in [5.41, 5.74) is 2.53. The molecule has 0 bridgehead atoms. The summed E-state index contributed by atoms with van der Waals surface area (Å²) in [6.07, 6.45) is 5.83. The second-order valence-corrected chi connectivity index (χ2v) is 5.87. The highest BCUT2D eigenvalue weighted by Gasteiger charge is 2.54. The molecule has 22 heavy (non-hydrogen) atoms. The van der Waals surface area contributed by atoms with Crippen LogP contribution in [0, 0.1) is 27.9 Å². The number of aromatic hydroxyl groups is 1. The monoisotopic (exact) mass is 303 g/mol. The molecule has 1 aromatic carbocycles. The van der Waals surface area contributed by atoms with Crippen LogP contribution in [-0.4, -0.2) is 22.2 Å². The Balaban J connectivity index is 1.61. The summed E-state index contributed by atoms with van der Waals surface area (Å²) in [4.78, 5) is 22.2. The summed E-state index contributed by atoms with van der Waals surface area (Å²) < 4.78 is 0. The first kappa shape index (κ1) is 14.5. The van der Waals surface area contributed by atoms with E-state index in [9.17, 15) is 20.0 Å². The molecule has 116 valence electrons. The summed E-state index contributed by atoms with van der Waals surface area (Å²) in [6.45, 7) is 0.